The molecule has 3 fully saturated rings. The maximum absolute atomic E-state index is 10.9. The Kier molecular flexibility index (Phi) is 5.02. The maximum Gasteiger partial charge on any atom is 0.129 e. The molecule has 2 bridgehead atoms. The van der Waals surface area contributed by atoms with E-state index in [9.17, 15) is 4.79 Å². The number of ether oxygens (including phenoxy) is 2. The van der Waals surface area contributed by atoms with Gasteiger partial charge in [-0.25, -0.2) is 0 Å². The molecule has 110 valence electrons. The van der Waals surface area contributed by atoms with Gasteiger partial charge in [0.2, 0.25) is 0 Å². The van der Waals surface area contributed by atoms with Crippen molar-refractivity contribution in [3.63, 3.8) is 0 Å². The number of fused-ring (bicyclic) bond motifs is 3. The normalized spacial score (nSPS) is 33.6. The lowest BCUT2D eigenvalue weighted by atomic mass is 9.54. The third-order valence-electron chi connectivity index (χ3n) is 5.23. The summed E-state index contributed by atoms with van der Waals surface area (Å²) in [6.07, 6.45) is 9.32. The standard InChI is InChI=1S/C16H28O3/c1-14(17)4-3-11-19-13-16-8-5-15(6-9-16,7-10-16)12-18-2/h3-13H2,1-2H3. The van der Waals surface area contributed by atoms with Gasteiger partial charge in [-0.1, -0.05) is 0 Å². The minimum Gasteiger partial charge on any atom is -0.384 e. The molecule has 0 N–H and O–H groups in total. The lowest BCUT2D eigenvalue weighted by Crippen LogP contribution is -2.45. The zero-order chi connectivity index (χ0) is 13.8. The van der Waals surface area contributed by atoms with Crippen molar-refractivity contribution in [1.82, 2.24) is 0 Å². The molecule has 0 aromatic rings. The molecule has 0 aliphatic heterocycles. The Morgan fingerprint density at radius 2 is 1.53 bits per heavy atom. The number of methoxy groups -OCH3 is 1. The average Bonchev–Trinajstić information content (AvgIpc) is 2.40. The lowest BCUT2D eigenvalue weighted by Gasteiger charge is -2.53. The van der Waals surface area contributed by atoms with Crippen molar-refractivity contribution in [3.8, 4) is 0 Å². The first-order chi connectivity index (χ1) is 9.10. The van der Waals surface area contributed by atoms with E-state index in [1.54, 1.807) is 6.92 Å². The number of carbonyl (C=O) groups is 1. The van der Waals surface area contributed by atoms with Crippen LogP contribution < -0.4 is 0 Å². The summed E-state index contributed by atoms with van der Waals surface area (Å²) in [7, 11) is 1.82. The number of ketones is 1. The molecule has 0 radical (unpaired) electrons. The zero-order valence-corrected chi connectivity index (χ0v) is 12.5. The van der Waals surface area contributed by atoms with E-state index in [1.165, 1.54) is 38.5 Å². The minimum atomic E-state index is 0.265. The molecule has 0 aromatic heterocycles. The Balaban J connectivity index is 1.70. The fourth-order valence-corrected chi connectivity index (χ4v) is 3.79. The molecule has 0 heterocycles. The van der Waals surface area contributed by atoms with Crippen molar-refractivity contribution in [2.75, 3.05) is 26.9 Å². The number of carbonyl (C=O) groups excluding carboxylic acids is 1. The highest BCUT2D eigenvalue weighted by Crippen LogP contribution is 2.56. The van der Waals surface area contributed by atoms with Crippen molar-refractivity contribution in [2.45, 2.75) is 58.3 Å². The second-order valence-corrected chi connectivity index (χ2v) is 6.79. The topological polar surface area (TPSA) is 35.5 Å². The van der Waals surface area contributed by atoms with Crippen LogP contribution in [0.4, 0.5) is 0 Å². The molecule has 3 saturated carbocycles. The molecule has 0 spiro atoms. The number of hydrogen-bond donors (Lipinski definition) is 0. The van der Waals surface area contributed by atoms with Gasteiger partial charge in [0.15, 0.2) is 0 Å². The molecule has 3 heteroatoms. The van der Waals surface area contributed by atoms with Crippen LogP contribution in [0.15, 0.2) is 0 Å². The van der Waals surface area contributed by atoms with Gasteiger partial charge in [-0.2, -0.15) is 0 Å². The molecule has 0 amide bonds. The summed E-state index contributed by atoms with van der Waals surface area (Å²) in [6, 6.07) is 0. The Bertz CT molecular complexity index is 287. The Labute approximate surface area is 117 Å². The van der Waals surface area contributed by atoms with Gasteiger partial charge in [0, 0.05) is 20.1 Å². The molecule has 19 heavy (non-hydrogen) atoms. The Morgan fingerprint density at radius 1 is 1.00 bits per heavy atom. The fourth-order valence-electron chi connectivity index (χ4n) is 3.79. The van der Waals surface area contributed by atoms with Crippen molar-refractivity contribution in [1.29, 1.82) is 0 Å². The van der Waals surface area contributed by atoms with Crippen LogP contribution in [-0.4, -0.2) is 32.7 Å². The molecular formula is C16H28O3. The zero-order valence-electron chi connectivity index (χ0n) is 12.5. The predicted octanol–water partition coefficient (Wildman–Crippen LogP) is 3.36. The smallest absolute Gasteiger partial charge is 0.129 e. The maximum atomic E-state index is 10.9. The molecular weight excluding hydrogens is 240 g/mol. The summed E-state index contributed by atoms with van der Waals surface area (Å²) >= 11 is 0. The monoisotopic (exact) mass is 268 g/mol. The van der Waals surface area contributed by atoms with E-state index in [4.69, 9.17) is 9.47 Å². The third kappa shape index (κ3) is 3.79. The van der Waals surface area contributed by atoms with Gasteiger partial charge >= 0.3 is 0 Å². The Morgan fingerprint density at radius 3 is 2.00 bits per heavy atom. The molecule has 0 saturated heterocycles. The van der Waals surface area contributed by atoms with Crippen LogP contribution in [0.5, 0.6) is 0 Å². The van der Waals surface area contributed by atoms with E-state index in [0.717, 1.165) is 26.2 Å². The molecule has 3 aliphatic rings. The van der Waals surface area contributed by atoms with Crippen molar-refractivity contribution < 1.29 is 14.3 Å². The molecule has 0 atom stereocenters. The summed E-state index contributed by atoms with van der Waals surface area (Å²) < 4.78 is 11.3. The van der Waals surface area contributed by atoms with Gasteiger partial charge in [-0.15, -0.1) is 0 Å². The van der Waals surface area contributed by atoms with E-state index in [1.807, 2.05) is 7.11 Å². The van der Waals surface area contributed by atoms with Gasteiger partial charge in [0.25, 0.3) is 0 Å². The van der Waals surface area contributed by atoms with Crippen LogP contribution in [0.25, 0.3) is 0 Å². The van der Waals surface area contributed by atoms with E-state index in [-0.39, 0.29) is 5.78 Å². The van der Waals surface area contributed by atoms with Crippen LogP contribution in [0.3, 0.4) is 0 Å². The molecule has 0 unspecified atom stereocenters. The molecule has 0 aromatic carbocycles. The highest BCUT2D eigenvalue weighted by atomic mass is 16.5. The van der Waals surface area contributed by atoms with E-state index < -0.39 is 0 Å². The summed E-state index contributed by atoms with van der Waals surface area (Å²) in [4.78, 5) is 10.9. The first-order valence-electron chi connectivity index (χ1n) is 7.66. The summed E-state index contributed by atoms with van der Waals surface area (Å²) in [5.74, 6) is 0.265. The van der Waals surface area contributed by atoms with E-state index >= 15 is 0 Å². The average molecular weight is 268 g/mol. The fraction of sp³-hybridized carbons (Fsp3) is 0.938. The summed E-state index contributed by atoms with van der Waals surface area (Å²) in [6.45, 7) is 4.22. The van der Waals surface area contributed by atoms with Crippen LogP contribution in [0.2, 0.25) is 0 Å². The summed E-state index contributed by atoms with van der Waals surface area (Å²) in [5, 5.41) is 0. The van der Waals surface area contributed by atoms with Crippen LogP contribution >= 0.6 is 0 Å². The number of hydrogen-bond acceptors (Lipinski definition) is 3. The van der Waals surface area contributed by atoms with Crippen molar-refractivity contribution in [2.24, 2.45) is 10.8 Å². The second-order valence-electron chi connectivity index (χ2n) is 6.79. The molecule has 3 rings (SSSR count). The minimum absolute atomic E-state index is 0.265. The predicted molar refractivity (Wildman–Crippen MR) is 75.2 cm³/mol. The first kappa shape index (κ1) is 15.0. The first-order valence-corrected chi connectivity index (χ1v) is 7.66. The van der Waals surface area contributed by atoms with Gasteiger partial charge in [0.05, 0.1) is 13.2 Å². The second kappa shape index (κ2) is 6.36. The largest absolute Gasteiger partial charge is 0.384 e. The van der Waals surface area contributed by atoms with E-state index in [2.05, 4.69) is 0 Å². The van der Waals surface area contributed by atoms with Gasteiger partial charge in [-0.3, -0.25) is 0 Å². The molecule has 3 nitrogen and oxygen atoms in total. The lowest BCUT2D eigenvalue weighted by molar-refractivity contribution is -0.117. The number of Topliss-reactive ketones (excluding diaryl/α,β-unsaturated/α-hetero) is 1. The highest BCUT2D eigenvalue weighted by molar-refractivity contribution is 5.75. The van der Waals surface area contributed by atoms with Crippen molar-refractivity contribution in [3.05, 3.63) is 0 Å². The summed E-state index contributed by atoms with van der Waals surface area (Å²) in [5.41, 5.74) is 0.914. The van der Waals surface area contributed by atoms with E-state index in [0.29, 0.717) is 17.3 Å². The SMILES string of the molecule is COCC12CCC(COCCCC(C)=O)(CC1)CC2. The third-order valence-corrected chi connectivity index (χ3v) is 5.23. The quantitative estimate of drug-likeness (QED) is 0.633. The highest BCUT2D eigenvalue weighted by Gasteiger charge is 2.48. The van der Waals surface area contributed by atoms with Crippen LogP contribution in [0, 0.1) is 10.8 Å². The molecule has 3 aliphatic carbocycles. The van der Waals surface area contributed by atoms with Gasteiger partial charge < -0.3 is 14.3 Å². The Hall–Kier alpha value is -0.410. The van der Waals surface area contributed by atoms with Gasteiger partial charge in [0.1, 0.15) is 5.78 Å². The van der Waals surface area contributed by atoms with Crippen LogP contribution in [-0.2, 0) is 14.3 Å². The van der Waals surface area contributed by atoms with Crippen LogP contribution in [0.1, 0.15) is 58.3 Å². The van der Waals surface area contributed by atoms with Gasteiger partial charge in [-0.05, 0) is 62.7 Å². The van der Waals surface area contributed by atoms with Crippen molar-refractivity contribution >= 4 is 5.78 Å². The number of rotatable bonds is 8.